The SMILES string of the molecule is CCCC(C)c1ccccc1C.Cc1ccccc1C(C)CC(C)C. The van der Waals surface area contributed by atoms with Crippen molar-refractivity contribution in [2.24, 2.45) is 5.92 Å². The highest BCUT2D eigenvalue weighted by Gasteiger charge is 2.09. The molecule has 0 aliphatic heterocycles. The zero-order valence-electron chi connectivity index (χ0n) is 17.5. The Morgan fingerprint density at radius 2 is 1.12 bits per heavy atom. The predicted octanol–water partition coefficient (Wildman–Crippen LogP) is 8.04. The molecule has 0 aliphatic carbocycles. The van der Waals surface area contributed by atoms with Gasteiger partial charge in [0.25, 0.3) is 0 Å². The molecule has 138 valence electrons. The van der Waals surface area contributed by atoms with Crippen LogP contribution < -0.4 is 0 Å². The van der Waals surface area contributed by atoms with Gasteiger partial charge < -0.3 is 0 Å². The lowest BCUT2D eigenvalue weighted by Gasteiger charge is -2.16. The summed E-state index contributed by atoms with van der Waals surface area (Å²) in [7, 11) is 0. The van der Waals surface area contributed by atoms with Crippen LogP contribution in [-0.4, -0.2) is 0 Å². The molecule has 0 amide bonds. The van der Waals surface area contributed by atoms with Crippen LogP contribution in [0.15, 0.2) is 48.5 Å². The Morgan fingerprint density at radius 3 is 1.52 bits per heavy atom. The van der Waals surface area contributed by atoms with Crippen LogP contribution in [0.4, 0.5) is 0 Å². The maximum Gasteiger partial charge on any atom is -0.0185 e. The van der Waals surface area contributed by atoms with Crippen molar-refractivity contribution >= 4 is 0 Å². The number of benzene rings is 2. The van der Waals surface area contributed by atoms with Gasteiger partial charge in [-0.05, 0) is 66.7 Å². The van der Waals surface area contributed by atoms with Gasteiger partial charge in [-0.25, -0.2) is 0 Å². The van der Waals surface area contributed by atoms with Crippen molar-refractivity contribution in [3.63, 3.8) is 0 Å². The fraction of sp³-hybridized carbons (Fsp3) is 0.520. The van der Waals surface area contributed by atoms with E-state index >= 15 is 0 Å². The summed E-state index contributed by atoms with van der Waals surface area (Å²) >= 11 is 0. The van der Waals surface area contributed by atoms with Gasteiger partial charge in [0.15, 0.2) is 0 Å². The molecule has 2 aromatic rings. The Kier molecular flexibility index (Phi) is 9.57. The minimum atomic E-state index is 0.696. The van der Waals surface area contributed by atoms with Crippen LogP contribution in [0.25, 0.3) is 0 Å². The van der Waals surface area contributed by atoms with Gasteiger partial charge >= 0.3 is 0 Å². The lowest BCUT2D eigenvalue weighted by molar-refractivity contribution is 0.522. The third-order valence-electron chi connectivity index (χ3n) is 4.99. The van der Waals surface area contributed by atoms with Crippen LogP contribution in [0.2, 0.25) is 0 Å². The van der Waals surface area contributed by atoms with E-state index in [9.17, 15) is 0 Å². The molecule has 2 unspecified atom stereocenters. The van der Waals surface area contributed by atoms with E-state index in [2.05, 4.69) is 97.0 Å². The van der Waals surface area contributed by atoms with Crippen LogP contribution in [0.3, 0.4) is 0 Å². The highest BCUT2D eigenvalue weighted by atomic mass is 14.1. The summed E-state index contributed by atoms with van der Waals surface area (Å²) in [5.74, 6) is 2.20. The Labute approximate surface area is 156 Å². The second-order valence-corrected chi connectivity index (χ2v) is 7.93. The Bertz CT molecular complexity index is 609. The van der Waals surface area contributed by atoms with Crippen LogP contribution in [0, 0.1) is 19.8 Å². The van der Waals surface area contributed by atoms with E-state index in [1.165, 1.54) is 41.5 Å². The molecular formula is C25H38. The van der Waals surface area contributed by atoms with Crippen molar-refractivity contribution in [2.75, 3.05) is 0 Å². The summed E-state index contributed by atoms with van der Waals surface area (Å²) < 4.78 is 0. The molecule has 2 atom stereocenters. The monoisotopic (exact) mass is 338 g/mol. The summed E-state index contributed by atoms with van der Waals surface area (Å²) in [5.41, 5.74) is 5.88. The van der Waals surface area contributed by atoms with E-state index in [-0.39, 0.29) is 0 Å². The molecule has 0 bridgehead atoms. The minimum Gasteiger partial charge on any atom is -0.0654 e. The maximum atomic E-state index is 2.32. The topological polar surface area (TPSA) is 0 Å². The number of hydrogen-bond acceptors (Lipinski definition) is 0. The molecule has 0 heterocycles. The van der Waals surface area contributed by atoms with E-state index in [1.807, 2.05) is 0 Å². The highest BCUT2D eigenvalue weighted by Crippen LogP contribution is 2.25. The van der Waals surface area contributed by atoms with Crippen LogP contribution >= 0.6 is 0 Å². The molecule has 0 spiro atoms. The molecule has 0 saturated heterocycles. The number of hydrogen-bond donors (Lipinski definition) is 0. The van der Waals surface area contributed by atoms with Crippen LogP contribution in [0.1, 0.15) is 88.0 Å². The quantitative estimate of drug-likeness (QED) is 0.500. The van der Waals surface area contributed by atoms with Gasteiger partial charge in [-0.2, -0.15) is 0 Å². The molecule has 0 radical (unpaired) electrons. The number of aryl methyl sites for hydroxylation is 2. The third kappa shape index (κ3) is 7.46. The molecule has 0 heteroatoms. The summed E-state index contributed by atoms with van der Waals surface area (Å²) in [6.45, 7) is 15.8. The second kappa shape index (κ2) is 11.1. The lowest BCUT2D eigenvalue weighted by atomic mass is 9.89. The second-order valence-electron chi connectivity index (χ2n) is 7.93. The van der Waals surface area contributed by atoms with Gasteiger partial charge in [0.2, 0.25) is 0 Å². The summed E-state index contributed by atoms with van der Waals surface area (Å²) in [6, 6.07) is 17.4. The van der Waals surface area contributed by atoms with Crippen LogP contribution in [0.5, 0.6) is 0 Å². The molecule has 0 fully saturated rings. The third-order valence-corrected chi connectivity index (χ3v) is 4.99. The van der Waals surface area contributed by atoms with Crippen molar-refractivity contribution in [2.45, 2.75) is 79.6 Å². The molecule has 0 saturated carbocycles. The van der Waals surface area contributed by atoms with Gasteiger partial charge in [0.05, 0.1) is 0 Å². The van der Waals surface area contributed by atoms with Gasteiger partial charge in [-0.15, -0.1) is 0 Å². The van der Waals surface area contributed by atoms with Gasteiger partial charge in [0.1, 0.15) is 0 Å². The summed E-state index contributed by atoms with van der Waals surface area (Å²) in [4.78, 5) is 0. The number of rotatable bonds is 6. The predicted molar refractivity (Wildman–Crippen MR) is 114 cm³/mol. The van der Waals surface area contributed by atoms with E-state index in [0.717, 1.165) is 11.8 Å². The first-order valence-electron chi connectivity index (χ1n) is 9.97. The smallest absolute Gasteiger partial charge is 0.0185 e. The summed E-state index contributed by atoms with van der Waals surface area (Å²) in [5, 5.41) is 0. The molecule has 25 heavy (non-hydrogen) atoms. The first-order chi connectivity index (χ1) is 11.9. The molecule has 0 aliphatic rings. The van der Waals surface area contributed by atoms with E-state index in [4.69, 9.17) is 0 Å². The van der Waals surface area contributed by atoms with Crippen molar-refractivity contribution in [1.29, 1.82) is 0 Å². The minimum absolute atomic E-state index is 0.696. The van der Waals surface area contributed by atoms with Crippen LogP contribution in [-0.2, 0) is 0 Å². The molecule has 0 nitrogen and oxygen atoms in total. The first kappa shape index (κ1) is 21.5. The average Bonchev–Trinajstić information content (AvgIpc) is 2.55. The van der Waals surface area contributed by atoms with Crippen molar-refractivity contribution in [3.8, 4) is 0 Å². The molecule has 2 aromatic carbocycles. The summed E-state index contributed by atoms with van der Waals surface area (Å²) in [6.07, 6.45) is 3.85. The molecular weight excluding hydrogens is 300 g/mol. The first-order valence-corrected chi connectivity index (χ1v) is 9.97. The van der Waals surface area contributed by atoms with Gasteiger partial charge in [-0.3, -0.25) is 0 Å². The van der Waals surface area contributed by atoms with E-state index < -0.39 is 0 Å². The zero-order chi connectivity index (χ0) is 18.8. The zero-order valence-corrected chi connectivity index (χ0v) is 17.5. The van der Waals surface area contributed by atoms with E-state index in [0.29, 0.717) is 5.92 Å². The Hall–Kier alpha value is -1.56. The highest BCUT2D eigenvalue weighted by molar-refractivity contribution is 5.29. The molecule has 0 N–H and O–H groups in total. The normalized spacial score (nSPS) is 13.1. The maximum absolute atomic E-state index is 2.32. The average molecular weight is 339 g/mol. The van der Waals surface area contributed by atoms with Crippen molar-refractivity contribution in [1.82, 2.24) is 0 Å². The van der Waals surface area contributed by atoms with Crippen molar-refractivity contribution in [3.05, 3.63) is 70.8 Å². The molecule has 2 rings (SSSR count). The van der Waals surface area contributed by atoms with Gasteiger partial charge in [0, 0.05) is 0 Å². The van der Waals surface area contributed by atoms with E-state index in [1.54, 1.807) is 0 Å². The standard InChI is InChI=1S/C13H20.C12H18/c1-10(2)9-12(4)13-8-6-5-7-11(13)3;1-4-7-10(2)12-9-6-5-8-11(12)3/h5-8,10,12H,9H2,1-4H3;5-6,8-10H,4,7H2,1-3H3. The fourth-order valence-electron chi connectivity index (χ4n) is 3.70. The Balaban J connectivity index is 0.000000251. The van der Waals surface area contributed by atoms with Crippen molar-refractivity contribution < 1.29 is 0 Å². The lowest BCUT2D eigenvalue weighted by Crippen LogP contribution is -2.00. The van der Waals surface area contributed by atoms with Gasteiger partial charge in [-0.1, -0.05) is 89.6 Å². The molecule has 0 aromatic heterocycles. The largest absolute Gasteiger partial charge is 0.0654 e. The Morgan fingerprint density at radius 1 is 0.680 bits per heavy atom. The fourth-order valence-corrected chi connectivity index (χ4v) is 3.70.